The first kappa shape index (κ1) is 19.5. The van der Waals surface area contributed by atoms with Gasteiger partial charge in [0.2, 0.25) is 5.91 Å². The number of aliphatic hydroxyl groups excluding tert-OH is 1. The van der Waals surface area contributed by atoms with Gasteiger partial charge >= 0.3 is 0 Å². The Bertz CT molecular complexity index is 746. The number of amides is 1. The van der Waals surface area contributed by atoms with Crippen LogP contribution in [0.4, 0.5) is 5.69 Å². The number of sulfone groups is 1. The number of benzene rings is 1. The molecule has 2 rings (SSSR count). The van der Waals surface area contributed by atoms with Gasteiger partial charge in [0.25, 0.3) is 0 Å². The van der Waals surface area contributed by atoms with E-state index in [1.165, 1.54) is 11.9 Å². The van der Waals surface area contributed by atoms with Crippen LogP contribution in [0.15, 0.2) is 24.3 Å². The van der Waals surface area contributed by atoms with Gasteiger partial charge < -0.3 is 10.4 Å². The van der Waals surface area contributed by atoms with Crippen LogP contribution in [0.25, 0.3) is 0 Å². The summed E-state index contributed by atoms with van der Waals surface area (Å²) in [5.41, 5.74) is 1.08. The van der Waals surface area contributed by atoms with Gasteiger partial charge in [-0.1, -0.05) is 0 Å². The van der Waals surface area contributed by atoms with Gasteiger partial charge in [-0.25, -0.2) is 18.4 Å². The Hall–Kier alpha value is -1.81. The topological polar surface area (TPSA) is 107 Å². The summed E-state index contributed by atoms with van der Waals surface area (Å²) in [4.78, 5) is 23.6. The summed E-state index contributed by atoms with van der Waals surface area (Å²) in [5, 5.41) is 15.9. The summed E-state index contributed by atoms with van der Waals surface area (Å²) in [6.45, 7) is 1.36. The van der Waals surface area contributed by atoms with Gasteiger partial charge in [0.05, 0.1) is 30.2 Å². The summed E-state index contributed by atoms with van der Waals surface area (Å²) in [5.74, 6) is -0.892. The van der Waals surface area contributed by atoms with E-state index in [2.05, 4.69) is 5.32 Å². The minimum Gasteiger partial charge on any atom is -0.390 e. The first-order chi connectivity index (χ1) is 11.6. The standard InChI is InChI=1S/C16H23N3O5S/c1-11(20)12-4-6-13(7-5-12)17-16(22)8-19(18(2)3)14-9-25(23,24)10-15(14)21/h4-7,14-15,21H,8-10H2,1-3H3,(H,17,22). The van der Waals surface area contributed by atoms with E-state index >= 15 is 0 Å². The van der Waals surface area contributed by atoms with Crippen molar-refractivity contribution in [2.45, 2.75) is 19.1 Å². The quantitative estimate of drug-likeness (QED) is 0.527. The highest BCUT2D eigenvalue weighted by Crippen LogP contribution is 2.19. The summed E-state index contributed by atoms with van der Waals surface area (Å²) >= 11 is 0. The molecule has 2 unspecified atom stereocenters. The van der Waals surface area contributed by atoms with E-state index in [0.29, 0.717) is 11.3 Å². The van der Waals surface area contributed by atoms with Crippen LogP contribution in [0, 0.1) is 0 Å². The van der Waals surface area contributed by atoms with Crippen LogP contribution in [0.5, 0.6) is 0 Å². The van der Waals surface area contributed by atoms with Crippen molar-refractivity contribution in [1.82, 2.24) is 10.0 Å². The summed E-state index contributed by atoms with van der Waals surface area (Å²) in [7, 11) is 0.0614. The van der Waals surface area contributed by atoms with Gasteiger partial charge in [-0.3, -0.25) is 9.59 Å². The second-order valence-electron chi connectivity index (χ2n) is 6.34. The fourth-order valence-electron chi connectivity index (χ4n) is 2.79. The maximum absolute atomic E-state index is 12.3. The number of anilines is 1. The Morgan fingerprint density at radius 3 is 2.24 bits per heavy atom. The van der Waals surface area contributed by atoms with Gasteiger partial charge in [-0.15, -0.1) is 0 Å². The minimum absolute atomic E-state index is 0.0620. The number of ketones is 1. The lowest BCUT2D eigenvalue weighted by atomic mass is 10.1. The summed E-state index contributed by atoms with van der Waals surface area (Å²) in [6, 6.07) is 5.84. The van der Waals surface area contributed by atoms with E-state index in [1.54, 1.807) is 43.4 Å². The van der Waals surface area contributed by atoms with Crippen molar-refractivity contribution in [3.63, 3.8) is 0 Å². The Morgan fingerprint density at radius 2 is 1.80 bits per heavy atom. The Balaban J connectivity index is 2.04. The third-order valence-corrected chi connectivity index (χ3v) is 5.77. The predicted octanol–water partition coefficient (Wildman–Crippen LogP) is -0.236. The van der Waals surface area contributed by atoms with E-state index in [4.69, 9.17) is 0 Å². The van der Waals surface area contributed by atoms with E-state index in [1.807, 2.05) is 0 Å². The highest BCUT2D eigenvalue weighted by atomic mass is 32.2. The molecule has 8 nitrogen and oxygen atoms in total. The molecule has 138 valence electrons. The zero-order valence-electron chi connectivity index (χ0n) is 14.5. The minimum atomic E-state index is -3.31. The lowest BCUT2D eigenvalue weighted by Crippen LogP contribution is -2.53. The number of nitrogens with one attached hydrogen (secondary N) is 1. The highest BCUT2D eigenvalue weighted by molar-refractivity contribution is 7.91. The lowest BCUT2D eigenvalue weighted by Gasteiger charge is -2.34. The molecular weight excluding hydrogens is 346 g/mol. The van der Waals surface area contributed by atoms with Crippen LogP contribution in [-0.2, 0) is 14.6 Å². The van der Waals surface area contributed by atoms with Crippen molar-refractivity contribution < 1.29 is 23.1 Å². The van der Waals surface area contributed by atoms with Crippen molar-refractivity contribution >= 4 is 27.2 Å². The molecule has 9 heteroatoms. The number of carbonyl (C=O) groups excluding carboxylic acids is 2. The third-order valence-electron chi connectivity index (χ3n) is 4.07. The molecule has 1 heterocycles. The van der Waals surface area contributed by atoms with Crippen LogP contribution in [-0.4, -0.2) is 79.5 Å². The average Bonchev–Trinajstić information content (AvgIpc) is 2.77. The van der Waals surface area contributed by atoms with Gasteiger partial charge in [-0.2, -0.15) is 0 Å². The number of carbonyl (C=O) groups is 2. The van der Waals surface area contributed by atoms with Crippen LogP contribution < -0.4 is 5.32 Å². The van der Waals surface area contributed by atoms with Gasteiger partial charge in [0, 0.05) is 25.3 Å². The molecule has 1 aliphatic heterocycles. The van der Waals surface area contributed by atoms with Crippen LogP contribution >= 0.6 is 0 Å². The van der Waals surface area contributed by atoms with Gasteiger partial charge in [-0.05, 0) is 31.2 Å². The molecule has 1 aromatic carbocycles. The summed E-state index contributed by atoms with van der Waals surface area (Å²) in [6.07, 6.45) is -1.03. The maximum Gasteiger partial charge on any atom is 0.240 e. The van der Waals surface area contributed by atoms with E-state index < -0.39 is 22.0 Å². The fourth-order valence-corrected chi connectivity index (χ4v) is 4.58. The molecule has 1 aliphatic rings. The predicted molar refractivity (Wildman–Crippen MR) is 93.9 cm³/mol. The Labute approximate surface area is 147 Å². The molecule has 0 aliphatic carbocycles. The number of hydrazine groups is 1. The monoisotopic (exact) mass is 369 g/mol. The molecule has 2 atom stereocenters. The van der Waals surface area contributed by atoms with Crippen molar-refractivity contribution in [2.75, 3.05) is 37.5 Å². The van der Waals surface area contributed by atoms with Crippen molar-refractivity contribution in [3.8, 4) is 0 Å². The normalized spacial score (nSPS) is 22.3. The number of rotatable bonds is 6. The van der Waals surface area contributed by atoms with Crippen molar-refractivity contribution in [3.05, 3.63) is 29.8 Å². The molecule has 25 heavy (non-hydrogen) atoms. The molecule has 1 amide bonds. The second-order valence-corrected chi connectivity index (χ2v) is 8.49. The number of Topliss-reactive ketones (excluding diaryl/α,β-unsaturated/α-hetero) is 1. The number of aliphatic hydroxyl groups is 1. The molecule has 0 spiro atoms. The Morgan fingerprint density at radius 1 is 1.20 bits per heavy atom. The maximum atomic E-state index is 12.3. The molecule has 0 aromatic heterocycles. The number of hydrogen-bond acceptors (Lipinski definition) is 7. The van der Waals surface area contributed by atoms with Crippen LogP contribution in [0.3, 0.4) is 0 Å². The molecule has 1 fully saturated rings. The zero-order chi connectivity index (χ0) is 18.8. The Kier molecular flexibility index (Phi) is 5.94. The molecule has 1 aromatic rings. The number of nitrogens with zero attached hydrogens (tertiary/aromatic N) is 2. The van der Waals surface area contributed by atoms with E-state index in [-0.39, 0.29) is 29.7 Å². The van der Waals surface area contributed by atoms with E-state index in [0.717, 1.165) is 0 Å². The third kappa shape index (κ3) is 5.08. The molecule has 0 radical (unpaired) electrons. The number of hydrogen-bond donors (Lipinski definition) is 2. The van der Waals surface area contributed by atoms with Crippen LogP contribution in [0.2, 0.25) is 0 Å². The van der Waals surface area contributed by atoms with Crippen LogP contribution in [0.1, 0.15) is 17.3 Å². The molecular formula is C16H23N3O5S. The molecule has 2 N–H and O–H groups in total. The smallest absolute Gasteiger partial charge is 0.240 e. The molecule has 0 bridgehead atoms. The first-order valence-electron chi connectivity index (χ1n) is 7.82. The largest absolute Gasteiger partial charge is 0.390 e. The fraction of sp³-hybridized carbons (Fsp3) is 0.500. The molecule has 1 saturated heterocycles. The summed E-state index contributed by atoms with van der Waals surface area (Å²) < 4.78 is 23.4. The zero-order valence-corrected chi connectivity index (χ0v) is 15.3. The lowest BCUT2D eigenvalue weighted by molar-refractivity contribution is -0.125. The van der Waals surface area contributed by atoms with Gasteiger partial charge in [0.1, 0.15) is 0 Å². The first-order valence-corrected chi connectivity index (χ1v) is 9.64. The highest BCUT2D eigenvalue weighted by Gasteiger charge is 2.41. The van der Waals surface area contributed by atoms with E-state index in [9.17, 15) is 23.1 Å². The van der Waals surface area contributed by atoms with Crippen molar-refractivity contribution in [1.29, 1.82) is 0 Å². The molecule has 0 saturated carbocycles. The van der Waals surface area contributed by atoms with Gasteiger partial charge in [0.15, 0.2) is 15.6 Å². The second kappa shape index (κ2) is 7.61. The average molecular weight is 369 g/mol. The van der Waals surface area contributed by atoms with Crippen molar-refractivity contribution in [2.24, 2.45) is 0 Å². The SMILES string of the molecule is CC(=O)c1ccc(NC(=O)CN(C2CS(=O)(=O)CC2O)N(C)C)cc1.